The van der Waals surface area contributed by atoms with E-state index in [1.165, 1.54) is 21.8 Å². The van der Waals surface area contributed by atoms with Gasteiger partial charge in [-0.2, -0.15) is 23.3 Å². The number of hydrogen-bond donors (Lipinski definition) is 2. The summed E-state index contributed by atoms with van der Waals surface area (Å²) in [6.07, 6.45) is 0.414. The Hall–Kier alpha value is -3.39. The lowest BCUT2D eigenvalue weighted by Gasteiger charge is -2.36. The number of benzene rings is 1. The van der Waals surface area contributed by atoms with E-state index in [1.807, 2.05) is 0 Å². The molecular weight excluding hydrogens is 584 g/mol. The molecule has 1 saturated carbocycles. The third kappa shape index (κ3) is 5.02. The number of piperazine rings is 1. The highest BCUT2D eigenvalue weighted by molar-refractivity contribution is 9.10. The Morgan fingerprint density at radius 1 is 1.21 bits per heavy atom. The molecule has 14 heteroatoms. The standard InChI is InChI=1S/C25H23BrF4N8O/c26-21-17-11-33-24(35-22(17)38(36-21)16-9-13-2-1-5-32-20(13)18(27)10-16)34-15-4-3-14(8-15)23(39)37-7-6-31-19(12-37)25(28,29)30/h1-2,5,9-11,14-15,19,31H,3-4,6-8,12H2,(H,33,34,35)/t14-,15-,19?/m1/s1. The van der Waals surface area contributed by atoms with Gasteiger partial charge in [-0.05, 0) is 47.3 Å². The number of nitrogens with zero attached hydrogens (tertiary/aromatic N) is 6. The van der Waals surface area contributed by atoms with Crippen molar-refractivity contribution in [3.63, 3.8) is 0 Å². The van der Waals surface area contributed by atoms with Crippen LogP contribution < -0.4 is 10.6 Å². The molecule has 0 bridgehead atoms. The van der Waals surface area contributed by atoms with E-state index in [0.717, 1.165) is 0 Å². The number of aromatic nitrogens is 5. The van der Waals surface area contributed by atoms with E-state index >= 15 is 0 Å². The number of nitrogens with one attached hydrogen (secondary N) is 2. The Labute approximate surface area is 228 Å². The summed E-state index contributed by atoms with van der Waals surface area (Å²) in [4.78, 5) is 27.4. The van der Waals surface area contributed by atoms with Crippen LogP contribution >= 0.6 is 15.9 Å². The molecule has 6 rings (SSSR count). The SMILES string of the molecule is O=C([C@@H]1CC[C@@H](Nc2ncc3c(Br)nn(-c4cc(F)c5ncccc5c4)c3n2)C1)N1CCNC(C(F)(F)F)C1. The van der Waals surface area contributed by atoms with Gasteiger partial charge in [-0.25, -0.2) is 14.1 Å². The molecule has 204 valence electrons. The summed E-state index contributed by atoms with van der Waals surface area (Å²) < 4.78 is 56.2. The van der Waals surface area contributed by atoms with Crippen LogP contribution in [0.2, 0.25) is 0 Å². The zero-order valence-corrected chi connectivity index (χ0v) is 22.0. The van der Waals surface area contributed by atoms with Crippen molar-refractivity contribution in [3.8, 4) is 5.69 Å². The van der Waals surface area contributed by atoms with E-state index in [2.05, 4.69) is 46.6 Å². The highest BCUT2D eigenvalue weighted by Gasteiger charge is 2.44. The predicted octanol–water partition coefficient (Wildman–Crippen LogP) is 4.21. The van der Waals surface area contributed by atoms with Crippen LogP contribution in [0, 0.1) is 11.7 Å². The molecule has 0 radical (unpaired) electrons. The van der Waals surface area contributed by atoms with Gasteiger partial charge in [-0.1, -0.05) is 6.07 Å². The van der Waals surface area contributed by atoms with Crippen LogP contribution in [0.4, 0.5) is 23.5 Å². The second kappa shape index (κ2) is 9.97. The van der Waals surface area contributed by atoms with Crippen LogP contribution in [0.15, 0.2) is 41.3 Å². The highest BCUT2D eigenvalue weighted by atomic mass is 79.9. The molecule has 4 aromatic rings. The molecule has 2 N–H and O–H groups in total. The van der Waals surface area contributed by atoms with Gasteiger partial charge in [-0.15, -0.1) is 0 Å². The monoisotopic (exact) mass is 606 g/mol. The molecule has 1 unspecified atom stereocenters. The smallest absolute Gasteiger partial charge is 0.351 e. The molecule has 4 heterocycles. The van der Waals surface area contributed by atoms with Gasteiger partial charge in [0.15, 0.2) is 11.5 Å². The third-order valence-corrected chi connectivity index (χ3v) is 7.85. The number of rotatable bonds is 4. The van der Waals surface area contributed by atoms with E-state index < -0.39 is 18.0 Å². The fraction of sp³-hybridized carbons (Fsp3) is 0.400. The Kier molecular flexibility index (Phi) is 6.61. The van der Waals surface area contributed by atoms with Gasteiger partial charge >= 0.3 is 6.18 Å². The van der Waals surface area contributed by atoms with E-state index in [1.54, 1.807) is 24.4 Å². The van der Waals surface area contributed by atoms with Gasteiger partial charge in [-0.3, -0.25) is 9.78 Å². The molecule has 1 saturated heterocycles. The maximum Gasteiger partial charge on any atom is 0.405 e. The van der Waals surface area contributed by atoms with E-state index in [0.29, 0.717) is 51.9 Å². The molecule has 1 aromatic carbocycles. The van der Waals surface area contributed by atoms with Gasteiger partial charge in [0, 0.05) is 55.4 Å². The Bertz CT molecular complexity index is 1560. The minimum atomic E-state index is -4.40. The van der Waals surface area contributed by atoms with Gasteiger partial charge in [0.05, 0.1) is 11.1 Å². The van der Waals surface area contributed by atoms with Crippen LogP contribution in [-0.2, 0) is 4.79 Å². The molecular formula is C25H23BrF4N8O. The quantitative estimate of drug-likeness (QED) is 0.336. The number of carbonyl (C=O) groups is 1. The van der Waals surface area contributed by atoms with Crippen LogP contribution in [0.1, 0.15) is 19.3 Å². The largest absolute Gasteiger partial charge is 0.405 e. The van der Waals surface area contributed by atoms with Crippen molar-refractivity contribution < 1.29 is 22.4 Å². The Morgan fingerprint density at radius 3 is 2.87 bits per heavy atom. The fourth-order valence-corrected chi connectivity index (χ4v) is 5.76. The topological polar surface area (TPSA) is 101 Å². The summed E-state index contributed by atoms with van der Waals surface area (Å²) in [6, 6.07) is 4.77. The number of amides is 1. The van der Waals surface area contributed by atoms with Crippen molar-refractivity contribution >= 4 is 49.7 Å². The van der Waals surface area contributed by atoms with Crippen molar-refractivity contribution in [2.24, 2.45) is 5.92 Å². The lowest BCUT2D eigenvalue weighted by Crippen LogP contribution is -2.59. The lowest BCUT2D eigenvalue weighted by atomic mass is 10.0. The minimum Gasteiger partial charge on any atom is -0.351 e. The number of halogens is 5. The number of anilines is 1. The third-order valence-electron chi connectivity index (χ3n) is 7.26. The molecule has 2 aliphatic rings. The maximum absolute atomic E-state index is 14.8. The van der Waals surface area contributed by atoms with Crippen molar-refractivity contribution in [1.29, 1.82) is 0 Å². The van der Waals surface area contributed by atoms with Gasteiger partial charge < -0.3 is 15.5 Å². The summed E-state index contributed by atoms with van der Waals surface area (Å²) in [5.41, 5.74) is 1.17. The summed E-state index contributed by atoms with van der Waals surface area (Å²) in [7, 11) is 0. The molecule has 1 aliphatic carbocycles. The first-order valence-corrected chi connectivity index (χ1v) is 13.3. The van der Waals surface area contributed by atoms with Crippen LogP contribution in [-0.4, -0.2) is 73.4 Å². The molecule has 9 nitrogen and oxygen atoms in total. The number of carbonyl (C=O) groups excluding carboxylic acids is 1. The van der Waals surface area contributed by atoms with E-state index in [4.69, 9.17) is 0 Å². The summed E-state index contributed by atoms with van der Waals surface area (Å²) in [5.74, 6) is -0.784. The van der Waals surface area contributed by atoms with Crippen LogP contribution in [0.5, 0.6) is 0 Å². The maximum atomic E-state index is 14.8. The summed E-state index contributed by atoms with van der Waals surface area (Å²) in [6.45, 7) is -0.00980. The van der Waals surface area contributed by atoms with Gasteiger partial charge in [0.2, 0.25) is 11.9 Å². The molecule has 39 heavy (non-hydrogen) atoms. The average molecular weight is 607 g/mol. The fourth-order valence-electron chi connectivity index (χ4n) is 5.32. The first kappa shape index (κ1) is 25.9. The zero-order chi connectivity index (χ0) is 27.3. The van der Waals surface area contributed by atoms with E-state index in [9.17, 15) is 22.4 Å². The van der Waals surface area contributed by atoms with Crippen LogP contribution in [0.25, 0.3) is 27.6 Å². The number of alkyl halides is 3. The number of pyridine rings is 1. The minimum absolute atomic E-state index is 0.110. The first-order valence-electron chi connectivity index (χ1n) is 12.5. The van der Waals surface area contributed by atoms with Gasteiger partial charge in [0.1, 0.15) is 16.2 Å². The molecule has 3 atom stereocenters. The van der Waals surface area contributed by atoms with Crippen molar-refractivity contribution in [2.75, 3.05) is 25.0 Å². The Morgan fingerprint density at radius 2 is 2.05 bits per heavy atom. The second-order valence-electron chi connectivity index (χ2n) is 9.82. The van der Waals surface area contributed by atoms with Crippen molar-refractivity contribution in [1.82, 2.24) is 34.9 Å². The molecule has 2 fully saturated rings. The summed E-state index contributed by atoms with van der Waals surface area (Å²) >= 11 is 3.42. The molecule has 1 amide bonds. The van der Waals surface area contributed by atoms with Crippen molar-refractivity contribution in [3.05, 3.63) is 47.1 Å². The molecule has 1 aliphatic heterocycles. The second-order valence-corrected chi connectivity index (χ2v) is 10.6. The lowest BCUT2D eigenvalue weighted by molar-refractivity contribution is -0.169. The first-order chi connectivity index (χ1) is 18.7. The average Bonchev–Trinajstić information content (AvgIpc) is 3.52. The van der Waals surface area contributed by atoms with Crippen LogP contribution in [0.3, 0.4) is 0 Å². The molecule has 0 spiro atoms. The predicted molar refractivity (Wildman–Crippen MR) is 139 cm³/mol. The number of hydrogen-bond acceptors (Lipinski definition) is 7. The normalized spacial score (nSPS) is 22.1. The number of fused-ring (bicyclic) bond motifs is 2. The van der Waals surface area contributed by atoms with Gasteiger partial charge in [0.25, 0.3) is 0 Å². The molecule has 3 aromatic heterocycles. The highest BCUT2D eigenvalue weighted by Crippen LogP contribution is 2.32. The zero-order valence-electron chi connectivity index (χ0n) is 20.4. The van der Waals surface area contributed by atoms with E-state index in [-0.39, 0.29) is 43.0 Å². The summed E-state index contributed by atoms with van der Waals surface area (Å²) in [5, 5.41) is 11.4. The van der Waals surface area contributed by atoms with Crippen molar-refractivity contribution in [2.45, 2.75) is 37.5 Å². The Balaban J connectivity index is 1.19.